The lowest BCUT2D eigenvalue weighted by molar-refractivity contribution is -0.127. The van der Waals surface area contributed by atoms with Crippen molar-refractivity contribution in [2.45, 2.75) is 46.7 Å². The Labute approximate surface area is 217 Å². The number of terminal acetylenes is 1. The lowest BCUT2D eigenvalue weighted by Crippen LogP contribution is -2.59. The summed E-state index contributed by atoms with van der Waals surface area (Å²) in [6.07, 6.45) is 8.00. The van der Waals surface area contributed by atoms with Crippen LogP contribution in [0.2, 0.25) is 0 Å². The number of benzene rings is 1. The maximum atomic E-state index is 13.0. The van der Waals surface area contributed by atoms with Gasteiger partial charge in [0.2, 0.25) is 5.91 Å². The minimum absolute atomic E-state index is 0.0563. The van der Waals surface area contributed by atoms with E-state index in [-0.39, 0.29) is 30.3 Å². The molecule has 1 fully saturated rings. The molecule has 1 aromatic carbocycles. The predicted molar refractivity (Wildman–Crippen MR) is 143 cm³/mol. The highest BCUT2D eigenvalue weighted by Crippen LogP contribution is 2.18. The van der Waals surface area contributed by atoms with Crippen molar-refractivity contribution in [3.05, 3.63) is 63.7 Å². The number of rotatable bonds is 5. The number of nitrogens with zero attached hydrogens (tertiary/aromatic N) is 2. The summed E-state index contributed by atoms with van der Waals surface area (Å²) in [5, 5.41) is 6.28. The molecule has 5 N–H and O–H groups in total. The number of nitrogens with two attached hydrogens (primary N) is 1. The van der Waals surface area contributed by atoms with E-state index in [9.17, 15) is 14.4 Å². The average Bonchev–Trinajstić information content (AvgIpc) is 3.17. The molecule has 2 unspecified atom stereocenters. The molecule has 0 radical (unpaired) electrons. The predicted octanol–water partition coefficient (Wildman–Crippen LogP) is 2.73. The van der Waals surface area contributed by atoms with Crippen molar-refractivity contribution >= 4 is 29.3 Å². The van der Waals surface area contributed by atoms with E-state index >= 15 is 0 Å². The fourth-order valence-corrected chi connectivity index (χ4v) is 3.52. The van der Waals surface area contributed by atoms with Crippen molar-refractivity contribution in [2.75, 3.05) is 19.6 Å². The first-order chi connectivity index (χ1) is 17.0. The summed E-state index contributed by atoms with van der Waals surface area (Å²) in [5.41, 5.74) is 9.11. The largest absolute Gasteiger partial charge is 0.352 e. The van der Waals surface area contributed by atoms with E-state index in [1.807, 2.05) is 20.8 Å². The van der Waals surface area contributed by atoms with Crippen molar-refractivity contribution < 1.29 is 14.4 Å². The number of nitrogens with one attached hydrogen (secondary N) is 3. The molecule has 194 valence electrons. The Bertz CT molecular complexity index is 1100. The third-order valence-electron chi connectivity index (χ3n) is 5.44. The van der Waals surface area contributed by atoms with Gasteiger partial charge in [-0.05, 0) is 58.4 Å². The summed E-state index contributed by atoms with van der Waals surface area (Å²) in [4.78, 5) is 46.7. The molecular formula is C26H35ClN6O3. The lowest BCUT2D eigenvalue weighted by atomic mass is 10.0. The third-order valence-corrected chi connectivity index (χ3v) is 5.44. The van der Waals surface area contributed by atoms with Gasteiger partial charge in [0, 0.05) is 41.5 Å². The summed E-state index contributed by atoms with van der Waals surface area (Å²) in [7, 11) is 0. The number of H-pyrrole nitrogens is 1. The number of aryl methyl sites for hydroxylation is 3. The monoisotopic (exact) mass is 514 g/mol. The number of imidazole rings is 1. The number of aromatic nitrogens is 2. The van der Waals surface area contributed by atoms with Gasteiger partial charge in [-0.3, -0.25) is 14.4 Å². The Morgan fingerprint density at radius 3 is 2.44 bits per heavy atom. The first-order valence-electron chi connectivity index (χ1n) is 11.3. The second kappa shape index (κ2) is 14.1. The molecule has 1 aliphatic rings. The number of piperazine rings is 1. The minimum atomic E-state index is -0.685. The van der Waals surface area contributed by atoms with Gasteiger partial charge in [0.15, 0.2) is 0 Å². The number of carbonyl (C=O) groups excluding carboxylic acids is 3. The molecule has 3 rings (SSSR count). The Kier molecular flexibility index (Phi) is 11.9. The van der Waals surface area contributed by atoms with Gasteiger partial charge >= 0.3 is 0 Å². The molecule has 1 aliphatic heterocycles. The molecule has 2 heterocycles. The van der Waals surface area contributed by atoms with Crippen molar-refractivity contribution in [1.82, 2.24) is 25.5 Å². The molecule has 9 nitrogen and oxygen atoms in total. The number of carbonyl (C=O) groups is 3. The van der Waals surface area contributed by atoms with Gasteiger partial charge in [0.05, 0.1) is 11.7 Å². The van der Waals surface area contributed by atoms with E-state index in [1.54, 1.807) is 32.0 Å². The van der Waals surface area contributed by atoms with Crippen LogP contribution in [0.3, 0.4) is 0 Å². The van der Waals surface area contributed by atoms with Gasteiger partial charge in [0.1, 0.15) is 11.9 Å². The maximum absolute atomic E-state index is 13.0. The van der Waals surface area contributed by atoms with E-state index < -0.39 is 6.04 Å². The Morgan fingerprint density at radius 1 is 1.33 bits per heavy atom. The number of halogens is 1. The number of hydrogen-bond donors (Lipinski definition) is 4. The molecule has 0 bridgehead atoms. The summed E-state index contributed by atoms with van der Waals surface area (Å²) < 4.78 is 0. The topological polar surface area (TPSA) is 133 Å². The van der Waals surface area contributed by atoms with Crippen LogP contribution in [-0.2, 0) is 4.79 Å². The summed E-state index contributed by atoms with van der Waals surface area (Å²) in [6.45, 7) is 13.4. The number of hydrogen-bond acceptors (Lipinski definition) is 5. The van der Waals surface area contributed by atoms with E-state index in [2.05, 4.69) is 40.0 Å². The molecule has 0 saturated carbocycles. The fourth-order valence-electron chi connectivity index (χ4n) is 3.52. The Hall–Kier alpha value is -3.61. The van der Waals surface area contributed by atoms with E-state index in [0.717, 1.165) is 11.4 Å². The summed E-state index contributed by atoms with van der Waals surface area (Å²) in [5.74, 6) is -0.0747. The van der Waals surface area contributed by atoms with E-state index in [0.29, 0.717) is 40.6 Å². The van der Waals surface area contributed by atoms with Gasteiger partial charge in [-0.15, -0.1) is 12.8 Å². The van der Waals surface area contributed by atoms with Crippen LogP contribution in [0, 0.1) is 33.6 Å². The highest BCUT2D eigenvalue weighted by molar-refractivity contribution is 6.28. The molecule has 3 amide bonds. The SMILES string of the molecule is C#C.C=C(C)Cl.Cc1cc(C(=O)NC(C)c2nc(C)c(C)[nH]2)ccc1C(=O)N1CCNC(=O)C1CN. The molecule has 2 aromatic rings. The second-order valence-electron chi connectivity index (χ2n) is 8.27. The Balaban J connectivity index is 0.000000982. The normalized spacial score (nSPS) is 15.3. The molecule has 10 heteroatoms. The quantitative estimate of drug-likeness (QED) is 0.455. The van der Waals surface area contributed by atoms with E-state index in [1.165, 1.54) is 4.90 Å². The zero-order chi connectivity index (χ0) is 27.6. The van der Waals surface area contributed by atoms with Gasteiger partial charge in [-0.1, -0.05) is 18.2 Å². The van der Waals surface area contributed by atoms with Crippen LogP contribution in [0.5, 0.6) is 0 Å². The molecule has 0 aliphatic carbocycles. The molecule has 36 heavy (non-hydrogen) atoms. The lowest BCUT2D eigenvalue weighted by Gasteiger charge is -2.34. The van der Waals surface area contributed by atoms with Crippen molar-refractivity contribution in [2.24, 2.45) is 5.73 Å². The molecule has 1 saturated heterocycles. The van der Waals surface area contributed by atoms with Gasteiger partial charge in [-0.2, -0.15) is 0 Å². The maximum Gasteiger partial charge on any atom is 0.254 e. The van der Waals surface area contributed by atoms with Gasteiger partial charge < -0.3 is 26.3 Å². The van der Waals surface area contributed by atoms with Crippen LogP contribution >= 0.6 is 11.6 Å². The van der Waals surface area contributed by atoms with Crippen molar-refractivity contribution in [3.63, 3.8) is 0 Å². The highest BCUT2D eigenvalue weighted by atomic mass is 35.5. The van der Waals surface area contributed by atoms with Crippen LogP contribution in [0.1, 0.15) is 63.4 Å². The molecular weight excluding hydrogens is 480 g/mol. The van der Waals surface area contributed by atoms with Crippen LogP contribution < -0.4 is 16.4 Å². The smallest absolute Gasteiger partial charge is 0.254 e. The number of aromatic amines is 1. The molecule has 1 aromatic heterocycles. The van der Waals surface area contributed by atoms with Crippen LogP contribution in [-0.4, -0.2) is 58.3 Å². The fraction of sp³-hybridized carbons (Fsp3) is 0.385. The van der Waals surface area contributed by atoms with Crippen molar-refractivity contribution in [3.8, 4) is 12.8 Å². The zero-order valence-corrected chi connectivity index (χ0v) is 22.2. The van der Waals surface area contributed by atoms with Crippen LogP contribution in [0.25, 0.3) is 0 Å². The zero-order valence-electron chi connectivity index (χ0n) is 21.4. The first kappa shape index (κ1) is 30.4. The van der Waals surface area contributed by atoms with Crippen molar-refractivity contribution in [1.29, 1.82) is 0 Å². The third kappa shape index (κ3) is 7.97. The van der Waals surface area contributed by atoms with Crippen LogP contribution in [0.4, 0.5) is 0 Å². The van der Waals surface area contributed by atoms with Crippen LogP contribution in [0.15, 0.2) is 29.8 Å². The minimum Gasteiger partial charge on any atom is -0.352 e. The molecule has 0 spiro atoms. The van der Waals surface area contributed by atoms with Gasteiger partial charge in [-0.25, -0.2) is 4.98 Å². The summed E-state index contributed by atoms with van der Waals surface area (Å²) >= 11 is 5.08. The number of allylic oxidation sites excluding steroid dienone is 1. The second-order valence-corrected chi connectivity index (χ2v) is 8.92. The first-order valence-corrected chi connectivity index (χ1v) is 11.7. The van der Waals surface area contributed by atoms with Gasteiger partial charge in [0.25, 0.3) is 11.8 Å². The summed E-state index contributed by atoms with van der Waals surface area (Å²) in [6, 6.07) is 3.94. The molecule has 2 atom stereocenters. The van der Waals surface area contributed by atoms with E-state index in [4.69, 9.17) is 17.3 Å². The average molecular weight is 515 g/mol. The number of amides is 3. The highest BCUT2D eigenvalue weighted by Gasteiger charge is 2.33. The standard InChI is InChI=1S/C21H28N6O3.C3H5Cl.C2H2/c1-11-9-15(19(28)26-14(4)18-24-12(2)13(3)25-18)5-6-16(11)21(30)27-8-7-23-20(29)17(27)10-22;1-3(2)4;1-2/h5-6,9,14,17H,7-8,10,22H2,1-4H3,(H,23,29)(H,24,25)(H,26,28);1H2,2H3;1-2H. The Morgan fingerprint density at radius 2 is 1.94 bits per heavy atom.